The fraction of sp³-hybridized carbons (Fsp3) is 0.588. The Hall–Kier alpha value is -1.75. The maximum absolute atomic E-state index is 4.41. The van der Waals surface area contributed by atoms with Crippen LogP contribution < -0.4 is 5.32 Å². The molecule has 1 aliphatic carbocycles. The molecule has 1 fully saturated rings. The maximum Gasteiger partial charge on any atom is 0.176 e. The van der Waals surface area contributed by atoms with Crippen molar-refractivity contribution in [2.24, 2.45) is 5.92 Å². The number of aromatic nitrogens is 4. The molecule has 0 saturated heterocycles. The van der Waals surface area contributed by atoms with E-state index in [0.717, 1.165) is 36.8 Å². The average Bonchev–Trinajstić information content (AvgIpc) is 3.00. The van der Waals surface area contributed by atoms with E-state index in [2.05, 4.69) is 53.7 Å². The van der Waals surface area contributed by atoms with Gasteiger partial charge in [0.1, 0.15) is 0 Å². The van der Waals surface area contributed by atoms with Crippen LogP contribution in [0.25, 0.3) is 5.69 Å². The van der Waals surface area contributed by atoms with Gasteiger partial charge in [-0.25, -0.2) is 0 Å². The number of tetrazole rings is 1. The predicted octanol–water partition coefficient (Wildman–Crippen LogP) is 2.99. The molecule has 1 N–H and O–H groups in total. The Morgan fingerprint density at radius 3 is 2.68 bits per heavy atom. The lowest BCUT2D eigenvalue weighted by molar-refractivity contribution is 0.185. The summed E-state index contributed by atoms with van der Waals surface area (Å²) in [7, 11) is 0. The molecule has 3 rings (SSSR count). The standard InChI is InChI=1S/C17H25N5/c1-4-18-17(11-9-13(2)10-12-17)16-19-20-21-22(16)15-8-6-5-7-14(15)3/h5-8,13,18H,4,9-12H2,1-3H3. The van der Waals surface area contributed by atoms with Crippen LogP contribution in [0.1, 0.15) is 50.9 Å². The Morgan fingerprint density at radius 2 is 2.00 bits per heavy atom. The highest BCUT2D eigenvalue weighted by atomic mass is 15.6. The van der Waals surface area contributed by atoms with Crippen LogP contribution in [0.5, 0.6) is 0 Å². The summed E-state index contributed by atoms with van der Waals surface area (Å²) in [4.78, 5) is 0. The third-order valence-electron chi connectivity index (χ3n) is 4.88. The molecule has 118 valence electrons. The summed E-state index contributed by atoms with van der Waals surface area (Å²) in [5.41, 5.74) is 2.15. The fourth-order valence-corrected chi connectivity index (χ4v) is 3.52. The first-order valence-electron chi connectivity index (χ1n) is 8.26. The molecule has 0 spiro atoms. The summed E-state index contributed by atoms with van der Waals surface area (Å²) in [6, 6.07) is 8.27. The molecule has 1 saturated carbocycles. The Balaban J connectivity index is 2.04. The third kappa shape index (κ3) is 2.65. The predicted molar refractivity (Wildman–Crippen MR) is 86.9 cm³/mol. The highest BCUT2D eigenvalue weighted by Gasteiger charge is 2.40. The molecule has 0 amide bonds. The Kier molecular flexibility index (Phi) is 4.25. The van der Waals surface area contributed by atoms with Crippen molar-refractivity contribution in [1.29, 1.82) is 0 Å². The third-order valence-corrected chi connectivity index (χ3v) is 4.88. The van der Waals surface area contributed by atoms with E-state index in [1.54, 1.807) is 0 Å². The van der Waals surface area contributed by atoms with Gasteiger partial charge in [-0.2, -0.15) is 4.68 Å². The van der Waals surface area contributed by atoms with Gasteiger partial charge >= 0.3 is 0 Å². The largest absolute Gasteiger partial charge is 0.305 e. The average molecular weight is 299 g/mol. The summed E-state index contributed by atoms with van der Waals surface area (Å²) in [5, 5.41) is 16.4. The second-order valence-corrected chi connectivity index (χ2v) is 6.50. The molecule has 0 radical (unpaired) electrons. The van der Waals surface area contributed by atoms with Gasteiger partial charge in [0.25, 0.3) is 0 Å². The Morgan fingerprint density at radius 1 is 1.27 bits per heavy atom. The molecule has 1 aliphatic rings. The van der Waals surface area contributed by atoms with Crippen molar-refractivity contribution in [3.8, 4) is 5.69 Å². The van der Waals surface area contributed by atoms with Gasteiger partial charge in [0.05, 0.1) is 11.2 Å². The van der Waals surface area contributed by atoms with E-state index in [0.29, 0.717) is 0 Å². The zero-order valence-electron chi connectivity index (χ0n) is 13.7. The number of benzene rings is 1. The van der Waals surface area contributed by atoms with Crippen LogP contribution >= 0.6 is 0 Å². The van der Waals surface area contributed by atoms with Crippen LogP contribution in [-0.2, 0) is 5.54 Å². The highest BCUT2D eigenvalue weighted by molar-refractivity contribution is 5.40. The molecular formula is C17H25N5. The summed E-state index contributed by atoms with van der Waals surface area (Å²) in [6.45, 7) is 7.51. The normalized spacial score (nSPS) is 25.3. The minimum absolute atomic E-state index is 0.104. The molecule has 1 aromatic heterocycles. The maximum atomic E-state index is 4.41. The lowest BCUT2D eigenvalue weighted by Gasteiger charge is -2.39. The summed E-state index contributed by atoms with van der Waals surface area (Å²) in [6.07, 6.45) is 4.61. The smallest absolute Gasteiger partial charge is 0.176 e. The fourth-order valence-electron chi connectivity index (χ4n) is 3.52. The first-order valence-corrected chi connectivity index (χ1v) is 8.26. The lowest BCUT2D eigenvalue weighted by atomic mass is 9.76. The van der Waals surface area contributed by atoms with Crippen molar-refractivity contribution in [3.05, 3.63) is 35.7 Å². The van der Waals surface area contributed by atoms with Gasteiger partial charge in [-0.15, -0.1) is 5.10 Å². The van der Waals surface area contributed by atoms with Gasteiger partial charge in [0, 0.05) is 0 Å². The van der Waals surface area contributed by atoms with E-state index in [1.165, 1.54) is 18.4 Å². The van der Waals surface area contributed by atoms with E-state index in [9.17, 15) is 0 Å². The molecule has 0 bridgehead atoms. The van der Waals surface area contributed by atoms with Gasteiger partial charge in [-0.1, -0.05) is 32.0 Å². The van der Waals surface area contributed by atoms with Crippen LogP contribution in [0.3, 0.4) is 0 Å². The van der Waals surface area contributed by atoms with Crippen molar-refractivity contribution in [3.63, 3.8) is 0 Å². The SMILES string of the molecule is CCNC1(c2nnnn2-c2ccccc2C)CCC(C)CC1. The van der Waals surface area contributed by atoms with Gasteiger partial charge in [0.15, 0.2) is 5.82 Å². The van der Waals surface area contributed by atoms with Crippen molar-refractivity contribution in [1.82, 2.24) is 25.5 Å². The van der Waals surface area contributed by atoms with Crippen LogP contribution in [0.4, 0.5) is 0 Å². The quantitative estimate of drug-likeness (QED) is 0.943. The number of rotatable bonds is 4. The molecular weight excluding hydrogens is 274 g/mol. The second-order valence-electron chi connectivity index (χ2n) is 6.50. The monoisotopic (exact) mass is 299 g/mol. The number of para-hydroxylation sites is 1. The van der Waals surface area contributed by atoms with E-state index in [1.807, 2.05) is 16.8 Å². The van der Waals surface area contributed by atoms with Gasteiger partial charge < -0.3 is 5.32 Å². The number of nitrogens with zero attached hydrogens (tertiary/aromatic N) is 4. The molecule has 0 unspecified atom stereocenters. The number of aryl methyl sites for hydroxylation is 1. The van der Waals surface area contributed by atoms with E-state index < -0.39 is 0 Å². The molecule has 22 heavy (non-hydrogen) atoms. The van der Waals surface area contributed by atoms with E-state index in [4.69, 9.17) is 0 Å². The van der Waals surface area contributed by atoms with E-state index >= 15 is 0 Å². The highest BCUT2D eigenvalue weighted by Crippen LogP contribution is 2.39. The molecule has 1 aromatic carbocycles. The first-order chi connectivity index (χ1) is 10.7. The van der Waals surface area contributed by atoms with Crippen molar-refractivity contribution in [2.45, 2.75) is 52.0 Å². The molecule has 0 atom stereocenters. The van der Waals surface area contributed by atoms with Crippen LogP contribution in [0, 0.1) is 12.8 Å². The van der Waals surface area contributed by atoms with E-state index in [-0.39, 0.29) is 5.54 Å². The summed E-state index contributed by atoms with van der Waals surface area (Å²) >= 11 is 0. The molecule has 1 heterocycles. The van der Waals surface area contributed by atoms with Gasteiger partial charge in [0.2, 0.25) is 0 Å². The Bertz CT molecular complexity index is 625. The zero-order chi connectivity index (χ0) is 15.6. The molecule has 5 heteroatoms. The van der Waals surface area contributed by atoms with Gasteiger partial charge in [-0.05, 0) is 67.1 Å². The zero-order valence-corrected chi connectivity index (χ0v) is 13.7. The van der Waals surface area contributed by atoms with Crippen molar-refractivity contribution >= 4 is 0 Å². The second kappa shape index (κ2) is 6.16. The molecule has 5 nitrogen and oxygen atoms in total. The molecule has 2 aromatic rings. The lowest BCUT2D eigenvalue weighted by Crippen LogP contribution is -2.47. The number of hydrogen-bond acceptors (Lipinski definition) is 4. The van der Waals surface area contributed by atoms with Crippen molar-refractivity contribution in [2.75, 3.05) is 6.54 Å². The van der Waals surface area contributed by atoms with Gasteiger partial charge in [-0.3, -0.25) is 0 Å². The molecule has 0 aliphatic heterocycles. The minimum Gasteiger partial charge on any atom is -0.305 e. The number of nitrogens with one attached hydrogen (secondary N) is 1. The summed E-state index contributed by atoms with van der Waals surface area (Å²) < 4.78 is 1.92. The van der Waals surface area contributed by atoms with Crippen molar-refractivity contribution < 1.29 is 0 Å². The van der Waals surface area contributed by atoms with Crippen LogP contribution in [0.2, 0.25) is 0 Å². The summed E-state index contributed by atoms with van der Waals surface area (Å²) in [5.74, 6) is 1.74. The Labute approximate surface area is 132 Å². The first kappa shape index (κ1) is 15.2. The van der Waals surface area contributed by atoms with Crippen LogP contribution in [-0.4, -0.2) is 26.8 Å². The topological polar surface area (TPSA) is 55.6 Å². The minimum atomic E-state index is -0.104. The van der Waals surface area contributed by atoms with Crippen LogP contribution in [0.15, 0.2) is 24.3 Å². The number of hydrogen-bond donors (Lipinski definition) is 1.